The van der Waals surface area contributed by atoms with Gasteiger partial charge in [0.1, 0.15) is 12.0 Å². The Labute approximate surface area is 126 Å². The van der Waals surface area contributed by atoms with E-state index < -0.39 is 11.9 Å². The van der Waals surface area contributed by atoms with Gasteiger partial charge in [-0.2, -0.15) is 0 Å². The van der Waals surface area contributed by atoms with E-state index in [0.29, 0.717) is 13.0 Å². The molecule has 1 aliphatic heterocycles. The number of carbonyl (C=O) groups is 3. The summed E-state index contributed by atoms with van der Waals surface area (Å²) in [6, 6.07) is 3.57. The van der Waals surface area contributed by atoms with E-state index in [1.165, 1.54) is 23.1 Å². The first-order valence-electron chi connectivity index (χ1n) is 6.54. The van der Waals surface area contributed by atoms with Gasteiger partial charge in [-0.05, 0) is 31.0 Å². The smallest absolute Gasteiger partial charge is 0.253 e. The molecule has 1 saturated heterocycles. The van der Waals surface area contributed by atoms with Gasteiger partial charge in [0.2, 0.25) is 5.91 Å². The molecule has 0 aromatic heterocycles. The summed E-state index contributed by atoms with van der Waals surface area (Å²) in [5.41, 5.74) is 0.177. The van der Waals surface area contributed by atoms with Crippen LogP contribution in [0.2, 0.25) is 5.02 Å². The third-order valence-electron chi connectivity index (χ3n) is 3.37. The zero-order valence-electron chi connectivity index (χ0n) is 11.2. The van der Waals surface area contributed by atoms with Crippen molar-refractivity contribution in [1.82, 2.24) is 10.2 Å². The van der Waals surface area contributed by atoms with Crippen LogP contribution in [-0.2, 0) is 9.59 Å². The molecular weight excluding hydrogens is 296 g/mol. The van der Waals surface area contributed by atoms with Gasteiger partial charge in [0, 0.05) is 6.54 Å². The van der Waals surface area contributed by atoms with Gasteiger partial charge in [0.05, 0.1) is 23.2 Å². The average molecular weight is 311 g/mol. The molecule has 1 heterocycles. The van der Waals surface area contributed by atoms with Crippen LogP contribution in [0, 0.1) is 0 Å². The summed E-state index contributed by atoms with van der Waals surface area (Å²) in [5, 5.41) is 11.8. The molecule has 0 bridgehead atoms. The number of carbonyl (C=O) groups excluding carboxylic acids is 3. The lowest BCUT2D eigenvalue weighted by Crippen LogP contribution is -2.43. The molecule has 1 aromatic carbocycles. The summed E-state index contributed by atoms with van der Waals surface area (Å²) in [7, 11) is 0. The molecule has 1 atom stereocenters. The SMILES string of the molecule is O=C[C@@H]1CCCN1C(=O)CNC(=O)c1ccc(O)cc1Cl. The van der Waals surface area contributed by atoms with Crippen molar-refractivity contribution in [1.29, 1.82) is 0 Å². The average Bonchev–Trinajstić information content (AvgIpc) is 2.92. The second-order valence-electron chi connectivity index (χ2n) is 4.78. The second kappa shape index (κ2) is 6.58. The number of benzene rings is 1. The van der Waals surface area contributed by atoms with E-state index >= 15 is 0 Å². The number of hydrogen-bond acceptors (Lipinski definition) is 4. The van der Waals surface area contributed by atoms with Crippen LogP contribution >= 0.6 is 11.6 Å². The third kappa shape index (κ3) is 3.52. The van der Waals surface area contributed by atoms with Gasteiger partial charge < -0.3 is 20.1 Å². The van der Waals surface area contributed by atoms with Crippen LogP contribution in [-0.4, -0.2) is 47.2 Å². The molecule has 0 unspecified atom stereocenters. The van der Waals surface area contributed by atoms with E-state index in [0.717, 1.165) is 12.7 Å². The number of phenols is 1. The van der Waals surface area contributed by atoms with Crippen LogP contribution in [0.15, 0.2) is 18.2 Å². The zero-order chi connectivity index (χ0) is 15.4. The molecule has 0 aliphatic carbocycles. The van der Waals surface area contributed by atoms with Crippen LogP contribution < -0.4 is 5.32 Å². The Morgan fingerprint density at radius 3 is 2.90 bits per heavy atom. The summed E-state index contributed by atoms with van der Waals surface area (Å²) in [5.74, 6) is -0.846. The fourth-order valence-electron chi connectivity index (χ4n) is 2.28. The number of rotatable bonds is 4. The van der Waals surface area contributed by atoms with Crippen molar-refractivity contribution >= 4 is 29.7 Å². The number of aldehydes is 1. The van der Waals surface area contributed by atoms with Crippen LogP contribution in [0.1, 0.15) is 23.2 Å². The highest BCUT2D eigenvalue weighted by molar-refractivity contribution is 6.34. The first kappa shape index (κ1) is 15.3. The molecule has 1 aliphatic rings. The molecule has 7 heteroatoms. The normalized spacial score (nSPS) is 17.6. The fourth-order valence-corrected chi connectivity index (χ4v) is 2.55. The Morgan fingerprint density at radius 2 is 2.24 bits per heavy atom. The summed E-state index contributed by atoms with van der Waals surface area (Å²) < 4.78 is 0. The summed E-state index contributed by atoms with van der Waals surface area (Å²) in [6.45, 7) is 0.332. The highest BCUT2D eigenvalue weighted by Gasteiger charge is 2.28. The number of hydrogen-bond donors (Lipinski definition) is 2. The molecule has 2 amide bonds. The lowest BCUT2D eigenvalue weighted by atomic mass is 10.2. The number of nitrogens with zero attached hydrogens (tertiary/aromatic N) is 1. The van der Waals surface area contributed by atoms with Gasteiger partial charge in [-0.1, -0.05) is 11.6 Å². The molecule has 0 radical (unpaired) electrons. The van der Waals surface area contributed by atoms with Crippen molar-refractivity contribution in [3.05, 3.63) is 28.8 Å². The van der Waals surface area contributed by atoms with Crippen molar-refractivity contribution in [3.8, 4) is 5.75 Å². The largest absolute Gasteiger partial charge is 0.508 e. The van der Waals surface area contributed by atoms with Crippen LogP contribution in [0.4, 0.5) is 0 Å². The summed E-state index contributed by atoms with van der Waals surface area (Å²) in [6.07, 6.45) is 2.20. The summed E-state index contributed by atoms with van der Waals surface area (Å²) in [4.78, 5) is 36.2. The Balaban J connectivity index is 1.94. The van der Waals surface area contributed by atoms with Crippen LogP contribution in [0.25, 0.3) is 0 Å². The first-order valence-corrected chi connectivity index (χ1v) is 6.92. The number of phenolic OH excluding ortho intramolecular Hbond substituents is 1. The maximum atomic E-state index is 12.0. The number of amides is 2. The molecule has 0 saturated carbocycles. The first-order chi connectivity index (χ1) is 10.0. The molecule has 112 valence electrons. The van der Waals surface area contributed by atoms with Gasteiger partial charge in [0.25, 0.3) is 5.91 Å². The molecule has 2 rings (SSSR count). The van der Waals surface area contributed by atoms with E-state index in [2.05, 4.69) is 5.32 Å². The number of nitrogens with one attached hydrogen (secondary N) is 1. The monoisotopic (exact) mass is 310 g/mol. The maximum absolute atomic E-state index is 12.0. The Hall–Kier alpha value is -2.08. The van der Waals surface area contributed by atoms with Gasteiger partial charge in [-0.25, -0.2) is 0 Å². The van der Waals surface area contributed by atoms with Gasteiger partial charge in [-0.15, -0.1) is 0 Å². The van der Waals surface area contributed by atoms with Crippen molar-refractivity contribution in [2.24, 2.45) is 0 Å². The number of likely N-dealkylation sites (tertiary alicyclic amines) is 1. The van der Waals surface area contributed by atoms with Gasteiger partial charge >= 0.3 is 0 Å². The number of aromatic hydroxyl groups is 1. The Bertz CT molecular complexity index is 576. The summed E-state index contributed by atoms with van der Waals surface area (Å²) >= 11 is 5.85. The molecule has 6 nitrogen and oxygen atoms in total. The third-order valence-corrected chi connectivity index (χ3v) is 3.69. The molecule has 1 aromatic rings. The van der Waals surface area contributed by atoms with Crippen molar-refractivity contribution in [3.63, 3.8) is 0 Å². The Morgan fingerprint density at radius 1 is 1.48 bits per heavy atom. The maximum Gasteiger partial charge on any atom is 0.253 e. The standard InChI is InChI=1S/C14H15ClN2O4/c15-12-6-10(19)3-4-11(12)14(21)16-7-13(20)17-5-1-2-9(17)8-18/h3-4,6,8-9,19H,1-2,5,7H2,(H,16,21)/t9-/m0/s1. The van der Waals surface area contributed by atoms with Crippen molar-refractivity contribution < 1.29 is 19.5 Å². The minimum absolute atomic E-state index is 0.0430. The van der Waals surface area contributed by atoms with Crippen LogP contribution in [0.5, 0.6) is 5.75 Å². The predicted molar refractivity (Wildman–Crippen MR) is 76.2 cm³/mol. The number of halogens is 1. The second-order valence-corrected chi connectivity index (χ2v) is 5.19. The Kier molecular flexibility index (Phi) is 4.80. The minimum Gasteiger partial charge on any atom is -0.508 e. The quantitative estimate of drug-likeness (QED) is 0.811. The van der Waals surface area contributed by atoms with Crippen molar-refractivity contribution in [2.75, 3.05) is 13.1 Å². The predicted octanol–water partition coefficient (Wildman–Crippen LogP) is 0.965. The zero-order valence-corrected chi connectivity index (χ0v) is 12.0. The van der Waals surface area contributed by atoms with Gasteiger partial charge in [0.15, 0.2) is 0 Å². The van der Waals surface area contributed by atoms with E-state index in [-0.39, 0.29) is 28.8 Å². The highest BCUT2D eigenvalue weighted by atomic mass is 35.5. The molecule has 0 spiro atoms. The molecule has 1 fully saturated rings. The van der Waals surface area contributed by atoms with E-state index in [4.69, 9.17) is 11.6 Å². The lowest BCUT2D eigenvalue weighted by Gasteiger charge is -2.20. The molecule has 2 N–H and O–H groups in total. The molecular formula is C14H15ClN2O4. The minimum atomic E-state index is -0.504. The topological polar surface area (TPSA) is 86.7 Å². The fraction of sp³-hybridized carbons (Fsp3) is 0.357. The van der Waals surface area contributed by atoms with E-state index in [1.54, 1.807) is 0 Å². The highest BCUT2D eigenvalue weighted by Crippen LogP contribution is 2.21. The van der Waals surface area contributed by atoms with Crippen molar-refractivity contribution in [2.45, 2.75) is 18.9 Å². The van der Waals surface area contributed by atoms with Gasteiger partial charge in [-0.3, -0.25) is 9.59 Å². The van der Waals surface area contributed by atoms with Crippen LogP contribution in [0.3, 0.4) is 0 Å². The van der Waals surface area contributed by atoms with E-state index in [9.17, 15) is 19.5 Å². The lowest BCUT2D eigenvalue weighted by molar-refractivity contribution is -0.133. The molecule has 21 heavy (non-hydrogen) atoms. The van der Waals surface area contributed by atoms with E-state index in [1.807, 2.05) is 0 Å².